The largest absolute Gasteiger partial charge is 0.497 e. The molecule has 24 heavy (non-hydrogen) atoms. The highest BCUT2D eigenvalue weighted by Gasteiger charge is 2.15. The standard InChI is InChI=1S/C18H22N4O.ClH/c1-5-11-22-12-10-16-17(22)18(20-13(2)19-16)21(3)14-6-8-15(23-4)9-7-14;/h6-10,12H,5,11H2,1-4H3;1H. The maximum Gasteiger partial charge on any atom is 0.161 e. The van der Waals surface area contributed by atoms with E-state index in [2.05, 4.69) is 33.6 Å². The second-order valence-corrected chi connectivity index (χ2v) is 5.59. The van der Waals surface area contributed by atoms with E-state index in [1.54, 1.807) is 7.11 Å². The van der Waals surface area contributed by atoms with Crippen LogP contribution in [0.2, 0.25) is 0 Å². The number of fused-ring (bicyclic) bond motifs is 1. The highest BCUT2D eigenvalue weighted by molar-refractivity contribution is 5.89. The minimum Gasteiger partial charge on any atom is -0.497 e. The number of rotatable bonds is 5. The highest BCUT2D eigenvalue weighted by Crippen LogP contribution is 2.30. The van der Waals surface area contributed by atoms with Gasteiger partial charge in [0, 0.05) is 25.5 Å². The summed E-state index contributed by atoms with van der Waals surface area (Å²) < 4.78 is 7.46. The van der Waals surface area contributed by atoms with Gasteiger partial charge in [-0.05, 0) is 43.7 Å². The van der Waals surface area contributed by atoms with Crippen molar-refractivity contribution in [3.8, 4) is 5.75 Å². The summed E-state index contributed by atoms with van der Waals surface area (Å²) in [7, 11) is 3.71. The zero-order chi connectivity index (χ0) is 16.4. The Morgan fingerprint density at radius 1 is 1.12 bits per heavy atom. The van der Waals surface area contributed by atoms with Crippen LogP contribution in [0.4, 0.5) is 11.5 Å². The Morgan fingerprint density at radius 3 is 2.46 bits per heavy atom. The van der Waals surface area contributed by atoms with E-state index >= 15 is 0 Å². The molecule has 3 rings (SSSR count). The number of hydrogen-bond acceptors (Lipinski definition) is 4. The second-order valence-electron chi connectivity index (χ2n) is 5.59. The smallest absolute Gasteiger partial charge is 0.161 e. The Labute approximate surface area is 148 Å². The number of ether oxygens (including phenoxy) is 1. The second kappa shape index (κ2) is 7.53. The van der Waals surface area contributed by atoms with Crippen molar-refractivity contribution in [1.82, 2.24) is 14.5 Å². The molecule has 2 aromatic heterocycles. The van der Waals surface area contributed by atoms with Crippen LogP contribution in [0.25, 0.3) is 11.0 Å². The number of aromatic nitrogens is 3. The van der Waals surface area contributed by atoms with Crippen molar-refractivity contribution in [1.29, 1.82) is 0 Å². The van der Waals surface area contributed by atoms with Gasteiger partial charge in [-0.2, -0.15) is 0 Å². The van der Waals surface area contributed by atoms with Crippen LogP contribution < -0.4 is 9.64 Å². The molecule has 0 radical (unpaired) electrons. The number of aryl methyl sites for hydroxylation is 2. The molecule has 0 N–H and O–H groups in total. The molecule has 0 bridgehead atoms. The van der Waals surface area contributed by atoms with Gasteiger partial charge in [0.15, 0.2) is 5.82 Å². The third-order valence-electron chi connectivity index (χ3n) is 3.95. The lowest BCUT2D eigenvalue weighted by molar-refractivity contribution is 0.415. The van der Waals surface area contributed by atoms with E-state index in [9.17, 15) is 0 Å². The molecule has 5 nitrogen and oxygen atoms in total. The molecule has 0 saturated carbocycles. The summed E-state index contributed by atoms with van der Waals surface area (Å²) in [6, 6.07) is 10.1. The summed E-state index contributed by atoms with van der Waals surface area (Å²) in [5, 5.41) is 0. The molecular weight excluding hydrogens is 324 g/mol. The van der Waals surface area contributed by atoms with Crippen molar-refractivity contribution >= 4 is 34.9 Å². The lowest BCUT2D eigenvalue weighted by Crippen LogP contribution is -2.14. The number of benzene rings is 1. The number of halogens is 1. The molecule has 6 heteroatoms. The van der Waals surface area contributed by atoms with Gasteiger partial charge in [-0.25, -0.2) is 9.97 Å². The van der Waals surface area contributed by atoms with Gasteiger partial charge in [-0.1, -0.05) is 6.92 Å². The zero-order valence-corrected chi connectivity index (χ0v) is 15.3. The lowest BCUT2D eigenvalue weighted by Gasteiger charge is -2.21. The van der Waals surface area contributed by atoms with E-state index in [1.807, 2.05) is 38.2 Å². The predicted octanol–water partition coefficient (Wildman–Crippen LogP) is 4.35. The molecule has 0 atom stereocenters. The van der Waals surface area contributed by atoms with Gasteiger partial charge in [0.25, 0.3) is 0 Å². The summed E-state index contributed by atoms with van der Waals surface area (Å²) in [5.74, 6) is 2.55. The molecule has 0 aliphatic heterocycles. The number of hydrogen-bond donors (Lipinski definition) is 0. The Hall–Kier alpha value is -2.27. The van der Waals surface area contributed by atoms with Crippen molar-refractivity contribution in [3.05, 3.63) is 42.4 Å². The van der Waals surface area contributed by atoms with E-state index in [-0.39, 0.29) is 12.4 Å². The van der Waals surface area contributed by atoms with Crippen LogP contribution in [0.3, 0.4) is 0 Å². The van der Waals surface area contributed by atoms with E-state index < -0.39 is 0 Å². The van der Waals surface area contributed by atoms with Gasteiger partial charge in [0.1, 0.15) is 17.1 Å². The van der Waals surface area contributed by atoms with Crippen molar-refractivity contribution in [2.75, 3.05) is 19.1 Å². The molecule has 128 valence electrons. The maximum atomic E-state index is 5.23. The van der Waals surface area contributed by atoms with Gasteiger partial charge in [0.2, 0.25) is 0 Å². The molecule has 0 aliphatic carbocycles. The molecule has 0 spiro atoms. The molecule has 3 aromatic rings. The Morgan fingerprint density at radius 2 is 1.83 bits per heavy atom. The van der Waals surface area contributed by atoms with Crippen LogP contribution in [0, 0.1) is 6.92 Å². The fourth-order valence-electron chi connectivity index (χ4n) is 2.79. The van der Waals surface area contributed by atoms with Crippen LogP contribution in [0.15, 0.2) is 36.5 Å². The lowest BCUT2D eigenvalue weighted by atomic mass is 10.2. The summed E-state index contributed by atoms with van der Waals surface area (Å²) in [5.41, 5.74) is 3.13. The summed E-state index contributed by atoms with van der Waals surface area (Å²) in [6.07, 6.45) is 3.16. The van der Waals surface area contributed by atoms with Gasteiger partial charge in [0.05, 0.1) is 12.6 Å². The van der Waals surface area contributed by atoms with Crippen LogP contribution in [0.1, 0.15) is 19.2 Å². The van der Waals surface area contributed by atoms with Gasteiger partial charge in [-0.3, -0.25) is 0 Å². The molecule has 0 saturated heterocycles. The SMILES string of the molecule is CCCn1ccc2nc(C)nc(N(C)c3ccc(OC)cc3)c21.Cl. The van der Waals surface area contributed by atoms with Crippen molar-refractivity contribution in [2.24, 2.45) is 0 Å². The molecule has 2 heterocycles. The van der Waals surface area contributed by atoms with Crippen molar-refractivity contribution in [2.45, 2.75) is 26.8 Å². The van der Waals surface area contributed by atoms with E-state index in [1.165, 1.54) is 0 Å². The van der Waals surface area contributed by atoms with E-state index in [0.29, 0.717) is 0 Å². The Bertz CT molecular complexity index is 814. The van der Waals surface area contributed by atoms with Crippen LogP contribution in [-0.4, -0.2) is 28.7 Å². The normalized spacial score (nSPS) is 10.5. The van der Waals surface area contributed by atoms with Gasteiger partial charge >= 0.3 is 0 Å². The molecular formula is C18H23ClN4O. The summed E-state index contributed by atoms with van der Waals surface area (Å²) >= 11 is 0. The fraction of sp³-hybridized carbons (Fsp3) is 0.333. The van der Waals surface area contributed by atoms with E-state index in [0.717, 1.165) is 47.1 Å². The zero-order valence-electron chi connectivity index (χ0n) is 14.5. The third kappa shape index (κ3) is 3.31. The first-order chi connectivity index (χ1) is 11.1. The van der Waals surface area contributed by atoms with Crippen LogP contribution >= 0.6 is 12.4 Å². The summed E-state index contributed by atoms with van der Waals surface area (Å²) in [4.78, 5) is 11.4. The summed E-state index contributed by atoms with van der Waals surface area (Å²) in [6.45, 7) is 5.06. The average molecular weight is 347 g/mol. The van der Waals surface area contributed by atoms with Gasteiger partial charge in [-0.15, -0.1) is 12.4 Å². The Balaban J connectivity index is 0.00000208. The fourth-order valence-corrected chi connectivity index (χ4v) is 2.79. The number of nitrogens with zero attached hydrogens (tertiary/aromatic N) is 4. The molecule has 0 unspecified atom stereocenters. The van der Waals surface area contributed by atoms with Crippen molar-refractivity contribution in [3.63, 3.8) is 0 Å². The minimum atomic E-state index is 0. The molecule has 0 fully saturated rings. The van der Waals surface area contributed by atoms with Crippen molar-refractivity contribution < 1.29 is 4.74 Å². The highest BCUT2D eigenvalue weighted by atomic mass is 35.5. The first-order valence-electron chi connectivity index (χ1n) is 7.85. The van der Waals surface area contributed by atoms with Gasteiger partial charge < -0.3 is 14.2 Å². The maximum absolute atomic E-state index is 5.23. The predicted molar refractivity (Wildman–Crippen MR) is 101 cm³/mol. The first-order valence-corrected chi connectivity index (χ1v) is 7.85. The molecule has 1 aromatic carbocycles. The third-order valence-corrected chi connectivity index (χ3v) is 3.95. The molecule has 0 aliphatic rings. The number of methoxy groups -OCH3 is 1. The minimum absolute atomic E-state index is 0. The average Bonchev–Trinajstić information content (AvgIpc) is 2.96. The monoisotopic (exact) mass is 346 g/mol. The first kappa shape index (κ1) is 18.1. The number of anilines is 2. The van der Waals surface area contributed by atoms with E-state index in [4.69, 9.17) is 9.72 Å². The quantitative estimate of drug-likeness (QED) is 0.689. The topological polar surface area (TPSA) is 43.2 Å². The van der Waals surface area contributed by atoms with Crippen LogP contribution in [0.5, 0.6) is 5.75 Å². The Kier molecular flexibility index (Phi) is 5.67. The van der Waals surface area contributed by atoms with Crippen LogP contribution in [-0.2, 0) is 6.54 Å². The molecule has 0 amide bonds.